The smallest absolute Gasteiger partial charge is 0.217 e. The van der Waals surface area contributed by atoms with Gasteiger partial charge < -0.3 is 10.1 Å². The van der Waals surface area contributed by atoms with Crippen LogP contribution >= 0.6 is 0 Å². The van der Waals surface area contributed by atoms with Crippen LogP contribution in [0.1, 0.15) is 30.3 Å². The fourth-order valence-corrected chi connectivity index (χ4v) is 4.10. The minimum atomic E-state index is -0.207. The van der Waals surface area contributed by atoms with Crippen LogP contribution in [0, 0.1) is 5.82 Å². The minimum Gasteiger partial charge on any atom is -0.380 e. The van der Waals surface area contributed by atoms with Crippen LogP contribution in [0.15, 0.2) is 30.3 Å². The van der Waals surface area contributed by atoms with Gasteiger partial charge in [0, 0.05) is 38.6 Å². The molecule has 27 heavy (non-hydrogen) atoms. The average Bonchev–Trinajstić information content (AvgIpc) is 3.27. The number of aromatic nitrogens is 2. The third kappa shape index (κ3) is 3.89. The van der Waals surface area contributed by atoms with E-state index in [-0.39, 0.29) is 17.1 Å². The summed E-state index contributed by atoms with van der Waals surface area (Å²) in [6, 6.07) is 8.93. The van der Waals surface area contributed by atoms with Crippen LogP contribution in [0.4, 0.5) is 4.39 Å². The van der Waals surface area contributed by atoms with E-state index >= 15 is 0 Å². The Kier molecular flexibility index (Phi) is 4.97. The standard InChI is InChI=1S/C20H25FN4O2/c1-15(26)22-11-18-10-19-12-24(7-8-25(19)23-18)13-20(6-9-27-14-20)16-2-4-17(21)5-3-16/h2-5,10H,6-9,11-14H2,1H3,(H,22,26). The van der Waals surface area contributed by atoms with Gasteiger partial charge in [-0.3, -0.25) is 14.4 Å². The third-order valence-electron chi connectivity index (χ3n) is 5.53. The summed E-state index contributed by atoms with van der Waals surface area (Å²) >= 11 is 0. The van der Waals surface area contributed by atoms with Crippen molar-refractivity contribution in [3.05, 3.63) is 53.1 Å². The summed E-state index contributed by atoms with van der Waals surface area (Å²) in [4.78, 5) is 13.5. The second-order valence-corrected chi connectivity index (χ2v) is 7.56. The number of fused-ring (bicyclic) bond motifs is 1. The maximum atomic E-state index is 13.4. The Bertz CT molecular complexity index is 812. The van der Waals surface area contributed by atoms with Gasteiger partial charge in [0.25, 0.3) is 0 Å². The predicted molar refractivity (Wildman–Crippen MR) is 98.5 cm³/mol. The van der Waals surface area contributed by atoms with E-state index in [4.69, 9.17) is 4.74 Å². The van der Waals surface area contributed by atoms with Crippen molar-refractivity contribution in [2.24, 2.45) is 0 Å². The monoisotopic (exact) mass is 372 g/mol. The molecule has 1 aromatic heterocycles. The highest BCUT2D eigenvalue weighted by atomic mass is 19.1. The van der Waals surface area contributed by atoms with E-state index in [9.17, 15) is 9.18 Å². The van der Waals surface area contributed by atoms with Crippen molar-refractivity contribution in [1.29, 1.82) is 0 Å². The number of nitrogens with one attached hydrogen (secondary N) is 1. The fourth-order valence-electron chi connectivity index (χ4n) is 4.10. The van der Waals surface area contributed by atoms with E-state index in [1.807, 2.05) is 16.8 Å². The van der Waals surface area contributed by atoms with Crippen molar-refractivity contribution in [2.75, 3.05) is 26.3 Å². The molecule has 0 spiro atoms. The molecule has 1 N–H and O–H groups in total. The number of rotatable bonds is 5. The highest BCUT2D eigenvalue weighted by Crippen LogP contribution is 2.35. The van der Waals surface area contributed by atoms with E-state index in [1.54, 1.807) is 0 Å². The average molecular weight is 372 g/mol. The summed E-state index contributed by atoms with van der Waals surface area (Å²) < 4.78 is 21.1. The van der Waals surface area contributed by atoms with E-state index in [1.165, 1.54) is 19.1 Å². The van der Waals surface area contributed by atoms with Crippen molar-refractivity contribution >= 4 is 5.91 Å². The molecule has 144 valence electrons. The second-order valence-electron chi connectivity index (χ2n) is 7.56. The van der Waals surface area contributed by atoms with Crippen molar-refractivity contribution in [1.82, 2.24) is 20.0 Å². The van der Waals surface area contributed by atoms with Crippen LogP contribution in [-0.4, -0.2) is 46.9 Å². The molecule has 6 nitrogen and oxygen atoms in total. The molecule has 1 unspecified atom stereocenters. The van der Waals surface area contributed by atoms with Crippen LogP contribution in [0.2, 0.25) is 0 Å². The molecule has 2 aliphatic heterocycles. The van der Waals surface area contributed by atoms with E-state index in [0.29, 0.717) is 13.2 Å². The zero-order valence-corrected chi connectivity index (χ0v) is 15.6. The number of halogens is 1. The summed E-state index contributed by atoms with van der Waals surface area (Å²) in [5.41, 5.74) is 3.11. The lowest BCUT2D eigenvalue weighted by Gasteiger charge is -2.36. The van der Waals surface area contributed by atoms with Crippen molar-refractivity contribution in [3.8, 4) is 0 Å². The van der Waals surface area contributed by atoms with Crippen LogP contribution in [-0.2, 0) is 34.6 Å². The molecule has 0 bridgehead atoms. The Balaban J connectivity index is 1.48. The van der Waals surface area contributed by atoms with Gasteiger partial charge in [-0.2, -0.15) is 5.10 Å². The normalized spacial score (nSPS) is 22.6. The minimum absolute atomic E-state index is 0.0509. The molecule has 1 atom stereocenters. The van der Waals surface area contributed by atoms with E-state index in [2.05, 4.69) is 21.4 Å². The Morgan fingerprint density at radius 1 is 1.33 bits per heavy atom. The van der Waals surface area contributed by atoms with Crippen LogP contribution < -0.4 is 5.32 Å². The number of carbonyl (C=O) groups excluding carboxylic acids is 1. The third-order valence-corrected chi connectivity index (χ3v) is 5.53. The lowest BCUT2D eigenvalue weighted by atomic mass is 9.79. The highest BCUT2D eigenvalue weighted by Gasteiger charge is 2.39. The Morgan fingerprint density at radius 3 is 2.85 bits per heavy atom. The Labute approximate surface area is 158 Å². The first-order valence-corrected chi connectivity index (χ1v) is 9.40. The van der Waals surface area contributed by atoms with Crippen LogP contribution in [0.5, 0.6) is 0 Å². The molecular weight excluding hydrogens is 347 g/mol. The van der Waals surface area contributed by atoms with Crippen LogP contribution in [0.25, 0.3) is 0 Å². The van der Waals surface area contributed by atoms with Gasteiger partial charge in [0.05, 0.1) is 31.1 Å². The molecule has 2 aromatic rings. The number of hydrogen-bond acceptors (Lipinski definition) is 4. The topological polar surface area (TPSA) is 59.4 Å². The van der Waals surface area contributed by atoms with Gasteiger partial charge in [0.15, 0.2) is 0 Å². The van der Waals surface area contributed by atoms with E-state index < -0.39 is 0 Å². The molecule has 0 aliphatic carbocycles. The first-order valence-electron chi connectivity index (χ1n) is 9.40. The van der Waals surface area contributed by atoms with E-state index in [0.717, 1.165) is 56.2 Å². The van der Waals surface area contributed by atoms with Crippen molar-refractivity contribution < 1.29 is 13.9 Å². The van der Waals surface area contributed by atoms with Crippen LogP contribution in [0.3, 0.4) is 0 Å². The van der Waals surface area contributed by atoms with Gasteiger partial charge in [-0.05, 0) is 30.2 Å². The highest BCUT2D eigenvalue weighted by molar-refractivity contribution is 5.72. The van der Waals surface area contributed by atoms with Crippen molar-refractivity contribution in [3.63, 3.8) is 0 Å². The van der Waals surface area contributed by atoms with Gasteiger partial charge in [-0.1, -0.05) is 12.1 Å². The lowest BCUT2D eigenvalue weighted by Crippen LogP contribution is -2.44. The molecule has 1 fully saturated rings. The largest absolute Gasteiger partial charge is 0.380 e. The fraction of sp³-hybridized carbons (Fsp3) is 0.500. The summed E-state index contributed by atoms with van der Waals surface area (Å²) in [5, 5.41) is 7.38. The quantitative estimate of drug-likeness (QED) is 0.870. The molecular formula is C20H25FN4O2. The van der Waals surface area contributed by atoms with Gasteiger partial charge in [0.2, 0.25) is 5.91 Å². The molecule has 0 radical (unpaired) electrons. The number of hydrogen-bond donors (Lipinski definition) is 1. The molecule has 4 rings (SSSR count). The molecule has 1 aromatic carbocycles. The van der Waals surface area contributed by atoms with Gasteiger partial charge in [-0.25, -0.2) is 4.39 Å². The number of amides is 1. The predicted octanol–water partition coefficient (Wildman–Crippen LogP) is 1.83. The maximum absolute atomic E-state index is 13.4. The first kappa shape index (κ1) is 18.1. The summed E-state index contributed by atoms with van der Waals surface area (Å²) in [7, 11) is 0. The molecule has 0 saturated carbocycles. The molecule has 3 heterocycles. The lowest BCUT2D eigenvalue weighted by molar-refractivity contribution is -0.119. The first-order chi connectivity index (χ1) is 13.0. The Morgan fingerprint density at radius 2 is 2.15 bits per heavy atom. The zero-order chi connectivity index (χ0) is 18.9. The summed E-state index contributed by atoms with van der Waals surface area (Å²) in [5.74, 6) is -0.258. The second kappa shape index (κ2) is 7.40. The number of carbonyl (C=O) groups is 1. The van der Waals surface area contributed by atoms with Gasteiger partial charge >= 0.3 is 0 Å². The van der Waals surface area contributed by atoms with Gasteiger partial charge in [0.1, 0.15) is 5.82 Å². The SMILES string of the molecule is CC(=O)NCc1cc2n(n1)CCN(CC1(c3ccc(F)cc3)CCOC1)C2. The Hall–Kier alpha value is -2.25. The van der Waals surface area contributed by atoms with Gasteiger partial charge in [-0.15, -0.1) is 0 Å². The summed E-state index contributed by atoms with van der Waals surface area (Å²) in [6.45, 7) is 6.82. The number of nitrogens with zero attached hydrogens (tertiary/aromatic N) is 3. The number of benzene rings is 1. The molecule has 7 heteroatoms. The summed E-state index contributed by atoms with van der Waals surface area (Å²) in [6.07, 6.45) is 0.947. The number of ether oxygens (including phenoxy) is 1. The maximum Gasteiger partial charge on any atom is 0.217 e. The molecule has 2 aliphatic rings. The van der Waals surface area contributed by atoms with Crippen molar-refractivity contribution in [2.45, 2.75) is 38.4 Å². The zero-order valence-electron chi connectivity index (χ0n) is 15.6. The molecule has 1 saturated heterocycles. The molecule has 1 amide bonds.